The van der Waals surface area contributed by atoms with E-state index in [-0.39, 0.29) is 5.91 Å². The first-order valence-corrected chi connectivity index (χ1v) is 11.3. The summed E-state index contributed by atoms with van der Waals surface area (Å²) in [7, 11) is 0. The summed E-state index contributed by atoms with van der Waals surface area (Å²) in [6.07, 6.45) is 6.44. The van der Waals surface area contributed by atoms with E-state index in [1.165, 1.54) is 25.8 Å². The molecule has 0 aliphatic carbocycles. The van der Waals surface area contributed by atoms with E-state index in [1.807, 2.05) is 32.0 Å². The highest BCUT2D eigenvalue weighted by atomic mass is 16.3. The van der Waals surface area contributed by atoms with Crippen molar-refractivity contribution >= 4 is 5.91 Å². The molecule has 1 aromatic carbocycles. The molecule has 1 fully saturated rings. The highest BCUT2D eigenvalue weighted by Gasteiger charge is 2.21. The van der Waals surface area contributed by atoms with Gasteiger partial charge in [0.1, 0.15) is 11.4 Å². The van der Waals surface area contributed by atoms with Gasteiger partial charge < -0.3 is 14.6 Å². The molecule has 3 heterocycles. The van der Waals surface area contributed by atoms with Crippen LogP contribution in [-0.4, -0.2) is 46.3 Å². The van der Waals surface area contributed by atoms with Crippen molar-refractivity contribution in [2.24, 2.45) is 0 Å². The number of aromatic nitrogens is 2. The Morgan fingerprint density at radius 2 is 2.10 bits per heavy atom. The summed E-state index contributed by atoms with van der Waals surface area (Å²) in [6.45, 7) is 9.22. The molecule has 1 saturated heterocycles. The third-order valence-corrected chi connectivity index (χ3v) is 6.16. The van der Waals surface area contributed by atoms with Gasteiger partial charge in [-0.25, -0.2) is 4.68 Å². The van der Waals surface area contributed by atoms with Crippen LogP contribution in [0.1, 0.15) is 54.2 Å². The van der Waals surface area contributed by atoms with Crippen LogP contribution >= 0.6 is 0 Å². The Labute approximate surface area is 184 Å². The fourth-order valence-electron chi connectivity index (χ4n) is 4.28. The smallest absolute Gasteiger partial charge is 0.270 e. The molecule has 2 aromatic heterocycles. The SMILES string of the molecule is Cc1ccc(C)c(-n2nc(-c3ccco3)cc2C(=O)NCCCN2CCCC[C@H]2C)c1. The minimum Gasteiger partial charge on any atom is -0.463 e. The fourth-order valence-corrected chi connectivity index (χ4v) is 4.28. The van der Waals surface area contributed by atoms with E-state index < -0.39 is 0 Å². The topological polar surface area (TPSA) is 63.3 Å². The Morgan fingerprint density at radius 3 is 2.87 bits per heavy atom. The molecule has 3 aromatic rings. The number of carbonyl (C=O) groups excluding carboxylic acids is 1. The van der Waals surface area contributed by atoms with Gasteiger partial charge in [-0.2, -0.15) is 5.10 Å². The number of nitrogens with zero attached hydrogens (tertiary/aromatic N) is 3. The molecule has 6 nitrogen and oxygen atoms in total. The minimum absolute atomic E-state index is 0.113. The van der Waals surface area contributed by atoms with Crippen molar-refractivity contribution in [1.82, 2.24) is 20.0 Å². The molecule has 0 spiro atoms. The zero-order valence-corrected chi connectivity index (χ0v) is 18.7. The predicted molar refractivity (Wildman–Crippen MR) is 123 cm³/mol. The van der Waals surface area contributed by atoms with Crippen LogP contribution < -0.4 is 5.32 Å². The standard InChI is InChI=1S/C25H32N4O2/c1-18-10-11-19(2)22(16-18)29-23(17-21(27-29)24-9-6-15-31-24)25(30)26-12-7-14-28-13-5-4-8-20(28)3/h6,9-11,15-17,20H,4-5,7-8,12-14H2,1-3H3,(H,26,30)/t20-/m1/s1. The number of hydrogen-bond acceptors (Lipinski definition) is 4. The molecular formula is C25H32N4O2. The summed E-state index contributed by atoms with van der Waals surface area (Å²) in [6, 6.07) is 12.3. The Kier molecular flexibility index (Phi) is 6.56. The molecule has 0 bridgehead atoms. The maximum absolute atomic E-state index is 13.1. The van der Waals surface area contributed by atoms with Crippen molar-refractivity contribution in [2.75, 3.05) is 19.6 Å². The highest BCUT2D eigenvalue weighted by molar-refractivity contribution is 5.94. The lowest BCUT2D eigenvalue weighted by Gasteiger charge is -2.33. The quantitative estimate of drug-likeness (QED) is 0.561. The molecule has 6 heteroatoms. The lowest BCUT2D eigenvalue weighted by atomic mass is 10.0. The van der Waals surface area contributed by atoms with E-state index >= 15 is 0 Å². The summed E-state index contributed by atoms with van der Waals surface area (Å²) in [5, 5.41) is 7.81. The van der Waals surface area contributed by atoms with Crippen LogP contribution in [0, 0.1) is 13.8 Å². The van der Waals surface area contributed by atoms with Gasteiger partial charge in [-0.05, 0) is 75.9 Å². The number of rotatable bonds is 7. The van der Waals surface area contributed by atoms with Gasteiger partial charge >= 0.3 is 0 Å². The van der Waals surface area contributed by atoms with E-state index in [2.05, 4.69) is 35.3 Å². The Morgan fingerprint density at radius 1 is 1.23 bits per heavy atom. The van der Waals surface area contributed by atoms with Crippen molar-refractivity contribution in [1.29, 1.82) is 0 Å². The van der Waals surface area contributed by atoms with Crippen molar-refractivity contribution in [3.05, 3.63) is 59.5 Å². The summed E-state index contributed by atoms with van der Waals surface area (Å²) >= 11 is 0. The van der Waals surface area contributed by atoms with Crippen molar-refractivity contribution in [3.63, 3.8) is 0 Å². The summed E-state index contributed by atoms with van der Waals surface area (Å²) in [5.41, 5.74) is 4.26. The van der Waals surface area contributed by atoms with Crippen LogP contribution in [0.5, 0.6) is 0 Å². The molecule has 4 rings (SSSR count). The second-order valence-electron chi connectivity index (χ2n) is 8.58. The van der Waals surface area contributed by atoms with Crippen molar-refractivity contribution in [3.8, 4) is 17.1 Å². The van der Waals surface area contributed by atoms with Gasteiger partial charge in [-0.15, -0.1) is 0 Å². The van der Waals surface area contributed by atoms with Gasteiger partial charge in [0.15, 0.2) is 5.76 Å². The average Bonchev–Trinajstić information content (AvgIpc) is 3.44. The summed E-state index contributed by atoms with van der Waals surface area (Å²) < 4.78 is 7.26. The van der Waals surface area contributed by atoms with Gasteiger partial charge in [-0.3, -0.25) is 4.79 Å². The second-order valence-corrected chi connectivity index (χ2v) is 8.58. The van der Waals surface area contributed by atoms with Crippen LogP contribution in [0.25, 0.3) is 17.1 Å². The predicted octanol–water partition coefficient (Wildman–Crippen LogP) is 4.74. The number of aryl methyl sites for hydroxylation is 2. The number of furan rings is 1. The number of carbonyl (C=O) groups is 1. The van der Waals surface area contributed by atoms with Crippen LogP contribution in [0.15, 0.2) is 47.1 Å². The van der Waals surface area contributed by atoms with E-state index in [4.69, 9.17) is 9.52 Å². The van der Waals surface area contributed by atoms with E-state index in [0.29, 0.717) is 29.7 Å². The van der Waals surface area contributed by atoms with Crippen LogP contribution in [-0.2, 0) is 0 Å². The Bertz CT molecular complexity index is 1020. The average molecular weight is 421 g/mol. The molecule has 1 aliphatic heterocycles. The summed E-state index contributed by atoms with van der Waals surface area (Å²) in [4.78, 5) is 15.7. The van der Waals surface area contributed by atoms with E-state index in [0.717, 1.165) is 29.8 Å². The molecule has 1 amide bonds. The normalized spacial score (nSPS) is 17.1. The van der Waals surface area contributed by atoms with Crippen LogP contribution in [0.3, 0.4) is 0 Å². The number of piperidine rings is 1. The number of likely N-dealkylation sites (tertiary alicyclic amines) is 1. The zero-order chi connectivity index (χ0) is 21.8. The van der Waals surface area contributed by atoms with Crippen LogP contribution in [0.4, 0.5) is 0 Å². The first kappa shape index (κ1) is 21.4. The molecule has 1 aliphatic rings. The lowest BCUT2D eigenvalue weighted by Crippen LogP contribution is -2.39. The van der Waals surface area contributed by atoms with Gasteiger partial charge in [0.25, 0.3) is 5.91 Å². The molecule has 0 saturated carbocycles. The maximum Gasteiger partial charge on any atom is 0.270 e. The van der Waals surface area contributed by atoms with Crippen molar-refractivity contribution in [2.45, 2.75) is 52.5 Å². The fraction of sp³-hybridized carbons (Fsp3) is 0.440. The number of hydrogen-bond donors (Lipinski definition) is 1. The number of nitrogens with one attached hydrogen (secondary N) is 1. The molecule has 31 heavy (non-hydrogen) atoms. The maximum atomic E-state index is 13.1. The van der Waals surface area contributed by atoms with E-state index in [9.17, 15) is 4.79 Å². The first-order chi connectivity index (χ1) is 15.0. The second kappa shape index (κ2) is 9.52. The largest absolute Gasteiger partial charge is 0.463 e. The third kappa shape index (κ3) is 4.90. The van der Waals surface area contributed by atoms with Gasteiger partial charge in [0.2, 0.25) is 0 Å². The van der Waals surface area contributed by atoms with Crippen LogP contribution in [0.2, 0.25) is 0 Å². The van der Waals surface area contributed by atoms with Gasteiger partial charge in [-0.1, -0.05) is 18.6 Å². The Balaban J connectivity index is 1.50. The number of benzene rings is 1. The molecule has 1 atom stereocenters. The van der Waals surface area contributed by atoms with Gasteiger partial charge in [0, 0.05) is 25.2 Å². The van der Waals surface area contributed by atoms with Gasteiger partial charge in [0.05, 0.1) is 12.0 Å². The lowest BCUT2D eigenvalue weighted by molar-refractivity contribution is 0.0941. The molecule has 164 valence electrons. The number of amides is 1. The monoisotopic (exact) mass is 420 g/mol. The molecular weight excluding hydrogens is 388 g/mol. The van der Waals surface area contributed by atoms with E-state index in [1.54, 1.807) is 10.9 Å². The molecule has 0 radical (unpaired) electrons. The molecule has 1 N–H and O–H groups in total. The van der Waals surface area contributed by atoms with Crippen molar-refractivity contribution < 1.29 is 9.21 Å². The minimum atomic E-state index is -0.113. The first-order valence-electron chi connectivity index (χ1n) is 11.3. The highest BCUT2D eigenvalue weighted by Crippen LogP contribution is 2.24. The zero-order valence-electron chi connectivity index (χ0n) is 18.7. The summed E-state index contributed by atoms with van der Waals surface area (Å²) in [5.74, 6) is 0.537. The molecule has 0 unspecified atom stereocenters. The third-order valence-electron chi connectivity index (χ3n) is 6.16. The Hall–Kier alpha value is -2.86.